The van der Waals surface area contributed by atoms with E-state index in [-0.39, 0.29) is 5.57 Å². The molecular formula is C21H23N3O. The lowest BCUT2D eigenvalue weighted by atomic mass is 10.0. The Morgan fingerprint density at radius 2 is 1.72 bits per heavy atom. The minimum Gasteiger partial charge on any atom is -0.360 e. The topological polar surface area (TPSA) is 64.9 Å². The highest BCUT2D eigenvalue weighted by Gasteiger charge is 2.12. The number of nitriles is 1. The van der Waals surface area contributed by atoms with Gasteiger partial charge in [-0.1, -0.05) is 36.8 Å². The van der Waals surface area contributed by atoms with Gasteiger partial charge in [-0.3, -0.25) is 4.79 Å². The summed E-state index contributed by atoms with van der Waals surface area (Å²) >= 11 is 0. The Morgan fingerprint density at radius 3 is 2.24 bits per heavy atom. The first-order valence-electron chi connectivity index (χ1n) is 8.29. The van der Waals surface area contributed by atoms with Gasteiger partial charge in [0.2, 0.25) is 0 Å². The molecule has 0 bridgehead atoms. The fraction of sp³-hybridized carbons (Fsp3) is 0.238. The minimum absolute atomic E-state index is 0.0268. The van der Waals surface area contributed by atoms with Crippen LogP contribution in [0.3, 0.4) is 0 Å². The number of nitrogens with one attached hydrogen (secondary N) is 2. The average Bonchev–Trinajstić information content (AvgIpc) is 2.59. The summed E-state index contributed by atoms with van der Waals surface area (Å²) in [4.78, 5) is 12.4. The molecule has 0 radical (unpaired) electrons. The summed E-state index contributed by atoms with van der Waals surface area (Å²) in [6, 6.07) is 13.8. The van der Waals surface area contributed by atoms with Gasteiger partial charge in [0.25, 0.3) is 5.91 Å². The van der Waals surface area contributed by atoms with Crippen LogP contribution in [0.5, 0.6) is 0 Å². The number of benzene rings is 2. The van der Waals surface area contributed by atoms with Crippen LogP contribution in [0, 0.1) is 32.1 Å². The third kappa shape index (κ3) is 4.71. The maximum Gasteiger partial charge on any atom is 0.267 e. The summed E-state index contributed by atoms with van der Waals surface area (Å²) in [6.45, 7) is 7.99. The number of hydrogen-bond acceptors (Lipinski definition) is 3. The van der Waals surface area contributed by atoms with Gasteiger partial charge in [0.05, 0.1) is 0 Å². The van der Waals surface area contributed by atoms with Gasteiger partial charge in [0, 0.05) is 17.6 Å². The van der Waals surface area contributed by atoms with E-state index < -0.39 is 5.91 Å². The molecule has 128 valence electrons. The van der Waals surface area contributed by atoms with Crippen molar-refractivity contribution in [1.29, 1.82) is 5.26 Å². The van der Waals surface area contributed by atoms with Crippen molar-refractivity contribution < 1.29 is 4.79 Å². The molecule has 0 aromatic heterocycles. The largest absolute Gasteiger partial charge is 0.360 e. The van der Waals surface area contributed by atoms with E-state index >= 15 is 0 Å². The van der Waals surface area contributed by atoms with Gasteiger partial charge in [-0.2, -0.15) is 5.26 Å². The summed E-state index contributed by atoms with van der Waals surface area (Å²) in [6.07, 6.45) is 2.41. The number of rotatable bonds is 5. The van der Waals surface area contributed by atoms with Crippen LogP contribution in [-0.4, -0.2) is 5.91 Å². The van der Waals surface area contributed by atoms with E-state index in [0.717, 1.165) is 34.5 Å². The quantitative estimate of drug-likeness (QED) is 0.619. The molecule has 4 heteroatoms. The van der Waals surface area contributed by atoms with Crippen molar-refractivity contribution in [3.63, 3.8) is 0 Å². The second kappa shape index (κ2) is 8.16. The molecule has 0 aliphatic rings. The second-order valence-corrected chi connectivity index (χ2v) is 6.09. The molecular weight excluding hydrogens is 310 g/mol. The molecule has 4 nitrogen and oxygen atoms in total. The summed E-state index contributed by atoms with van der Waals surface area (Å²) in [5.41, 5.74) is 5.94. The Bertz CT molecular complexity index is 819. The van der Waals surface area contributed by atoms with Crippen LogP contribution < -0.4 is 10.6 Å². The number of anilines is 2. The number of nitrogens with zero attached hydrogens (tertiary/aromatic N) is 1. The number of aryl methyl sites for hydroxylation is 4. The van der Waals surface area contributed by atoms with Gasteiger partial charge in [0.15, 0.2) is 0 Å². The van der Waals surface area contributed by atoms with Gasteiger partial charge in [-0.15, -0.1) is 0 Å². The zero-order chi connectivity index (χ0) is 18.4. The first kappa shape index (κ1) is 18.3. The third-order valence-electron chi connectivity index (χ3n) is 4.03. The molecule has 0 fully saturated rings. The van der Waals surface area contributed by atoms with Gasteiger partial charge in [-0.25, -0.2) is 0 Å². The predicted octanol–water partition coefficient (Wildman–Crippen LogP) is 4.63. The van der Waals surface area contributed by atoms with E-state index in [1.807, 2.05) is 63.2 Å². The zero-order valence-electron chi connectivity index (χ0n) is 15.1. The van der Waals surface area contributed by atoms with Crippen LogP contribution in [0.25, 0.3) is 0 Å². The van der Waals surface area contributed by atoms with Crippen LogP contribution in [0.2, 0.25) is 0 Å². The van der Waals surface area contributed by atoms with Crippen LogP contribution in [0.4, 0.5) is 11.4 Å². The maximum atomic E-state index is 12.4. The maximum absolute atomic E-state index is 12.4. The van der Waals surface area contributed by atoms with Crippen molar-refractivity contribution in [1.82, 2.24) is 0 Å². The Morgan fingerprint density at radius 1 is 1.12 bits per heavy atom. The van der Waals surface area contributed by atoms with Crippen molar-refractivity contribution >= 4 is 17.3 Å². The molecule has 0 saturated heterocycles. The smallest absolute Gasteiger partial charge is 0.267 e. The zero-order valence-corrected chi connectivity index (χ0v) is 15.1. The molecule has 0 heterocycles. The molecule has 0 saturated carbocycles. The summed E-state index contributed by atoms with van der Waals surface area (Å²) in [5.74, 6) is -0.421. The SMILES string of the molecule is CCc1ccc(N/C=C(/C#N)C(=O)Nc2c(C)cc(C)cc2C)cc1. The summed E-state index contributed by atoms with van der Waals surface area (Å²) in [5, 5.41) is 15.1. The van der Waals surface area contributed by atoms with E-state index in [9.17, 15) is 10.1 Å². The molecule has 2 rings (SSSR count). The highest BCUT2D eigenvalue weighted by atomic mass is 16.1. The number of hydrogen-bond donors (Lipinski definition) is 2. The van der Waals surface area contributed by atoms with Gasteiger partial charge < -0.3 is 10.6 Å². The van der Waals surface area contributed by atoms with Gasteiger partial charge >= 0.3 is 0 Å². The van der Waals surface area contributed by atoms with E-state index in [4.69, 9.17) is 0 Å². The number of carbonyl (C=O) groups excluding carboxylic acids is 1. The Hall–Kier alpha value is -3.06. The van der Waals surface area contributed by atoms with E-state index in [0.29, 0.717) is 0 Å². The summed E-state index contributed by atoms with van der Waals surface area (Å²) < 4.78 is 0. The molecule has 2 aromatic carbocycles. The van der Waals surface area contributed by atoms with Crippen molar-refractivity contribution in [3.05, 3.63) is 70.4 Å². The molecule has 25 heavy (non-hydrogen) atoms. The lowest BCUT2D eigenvalue weighted by molar-refractivity contribution is -0.112. The van der Waals surface area contributed by atoms with Crippen LogP contribution in [0.1, 0.15) is 29.2 Å². The van der Waals surface area contributed by atoms with Crippen LogP contribution in [-0.2, 0) is 11.2 Å². The highest BCUT2D eigenvalue weighted by Crippen LogP contribution is 2.22. The lowest BCUT2D eigenvalue weighted by Crippen LogP contribution is -2.16. The molecule has 0 unspecified atom stereocenters. The second-order valence-electron chi connectivity index (χ2n) is 6.09. The molecule has 2 N–H and O–H groups in total. The molecule has 0 spiro atoms. The van der Waals surface area contributed by atoms with Gasteiger partial charge in [-0.05, 0) is 56.0 Å². The van der Waals surface area contributed by atoms with Crippen molar-refractivity contribution in [3.8, 4) is 6.07 Å². The fourth-order valence-electron chi connectivity index (χ4n) is 2.70. The Kier molecular flexibility index (Phi) is 5.97. The fourth-order valence-corrected chi connectivity index (χ4v) is 2.70. The monoisotopic (exact) mass is 333 g/mol. The van der Waals surface area contributed by atoms with Crippen molar-refractivity contribution in [2.45, 2.75) is 34.1 Å². The van der Waals surface area contributed by atoms with E-state index in [2.05, 4.69) is 17.6 Å². The van der Waals surface area contributed by atoms with Crippen LogP contribution >= 0.6 is 0 Å². The van der Waals surface area contributed by atoms with Crippen molar-refractivity contribution in [2.24, 2.45) is 0 Å². The first-order valence-corrected chi connectivity index (χ1v) is 8.29. The van der Waals surface area contributed by atoms with E-state index in [1.54, 1.807) is 0 Å². The number of carbonyl (C=O) groups is 1. The Labute approximate surface area is 149 Å². The Balaban J connectivity index is 2.14. The lowest BCUT2D eigenvalue weighted by Gasteiger charge is -2.12. The normalized spacial score (nSPS) is 10.9. The van der Waals surface area contributed by atoms with Gasteiger partial charge in [0.1, 0.15) is 11.6 Å². The first-order chi connectivity index (χ1) is 11.9. The third-order valence-corrected chi connectivity index (χ3v) is 4.03. The minimum atomic E-state index is -0.421. The molecule has 1 amide bonds. The molecule has 0 atom stereocenters. The van der Waals surface area contributed by atoms with Crippen molar-refractivity contribution in [2.75, 3.05) is 10.6 Å². The molecule has 0 aliphatic heterocycles. The summed E-state index contributed by atoms with van der Waals surface area (Å²) in [7, 11) is 0. The standard InChI is InChI=1S/C21H23N3O/c1-5-17-6-8-19(9-7-17)23-13-18(12-22)21(25)24-20-15(3)10-14(2)11-16(20)4/h6-11,13,23H,5H2,1-4H3,(H,24,25)/b18-13-. The average molecular weight is 333 g/mol. The number of amides is 1. The van der Waals surface area contributed by atoms with Crippen LogP contribution in [0.15, 0.2) is 48.2 Å². The highest BCUT2D eigenvalue weighted by molar-refractivity contribution is 6.07. The molecule has 2 aromatic rings. The van der Waals surface area contributed by atoms with E-state index in [1.165, 1.54) is 11.8 Å². The predicted molar refractivity (Wildman–Crippen MR) is 102 cm³/mol. The molecule has 0 aliphatic carbocycles.